The molecule has 1 N–H and O–H groups in total. The molecular weight excluding hydrogens is 262 g/mol. The summed E-state index contributed by atoms with van der Waals surface area (Å²) in [6.45, 7) is 15.4. The van der Waals surface area contributed by atoms with E-state index in [1.165, 1.54) is 5.56 Å². The van der Waals surface area contributed by atoms with Gasteiger partial charge in [0.1, 0.15) is 5.82 Å². The molecule has 0 spiro atoms. The fraction of sp³-hybridized carbons (Fsp3) is 0.706. The topological polar surface area (TPSA) is 37.4 Å². The number of anilines is 1. The van der Waals surface area contributed by atoms with Crippen LogP contribution in [0.5, 0.6) is 0 Å². The predicted molar refractivity (Wildman–Crippen MR) is 87.9 cm³/mol. The van der Waals surface area contributed by atoms with Crippen LogP contribution >= 0.6 is 0 Å². The second kappa shape index (κ2) is 6.75. The van der Waals surface area contributed by atoms with Crippen molar-refractivity contribution in [3.05, 3.63) is 23.4 Å². The molecule has 2 rings (SSSR count). The van der Waals surface area contributed by atoms with Gasteiger partial charge in [-0.05, 0) is 31.2 Å². The van der Waals surface area contributed by atoms with Crippen molar-refractivity contribution >= 4 is 5.82 Å². The highest BCUT2D eigenvalue weighted by Gasteiger charge is 2.22. The molecule has 0 radical (unpaired) electrons. The lowest BCUT2D eigenvalue weighted by atomic mass is 9.90. The number of nitrogens with one attached hydrogen (secondary N) is 1. The summed E-state index contributed by atoms with van der Waals surface area (Å²) in [6, 6.07) is 4.45. The highest BCUT2D eigenvalue weighted by Crippen LogP contribution is 2.25. The van der Waals surface area contributed by atoms with Gasteiger partial charge in [-0.2, -0.15) is 0 Å². The van der Waals surface area contributed by atoms with Crippen molar-refractivity contribution in [2.24, 2.45) is 0 Å². The van der Waals surface area contributed by atoms with Crippen molar-refractivity contribution in [2.75, 3.05) is 31.1 Å². The molecule has 0 aliphatic carbocycles. The Kier molecular flexibility index (Phi) is 5.22. The smallest absolute Gasteiger partial charge is 0.129 e. The molecule has 0 bridgehead atoms. The van der Waals surface area contributed by atoms with E-state index in [4.69, 9.17) is 9.72 Å². The number of morpholine rings is 1. The second-order valence-corrected chi connectivity index (χ2v) is 6.88. The quantitative estimate of drug-likeness (QED) is 0.925. The summed E-state index contributed by atoms with van der Waals surface area (Å²) >= 11 is 0. The maximum Gasteiger partial charge on any atom is 0.129 e. The van der Waals surface area contributed by atoms with E-state index in [9.17, 15) is 0 Å². The first-order valence-corrected chi connectivity index (χ1v) is 7.99. The zero-order valence-corrected chi connectivity index (χ0v) is 14.1. The Morgan fingerprint density at radius 2 is 2.14 bits per heavy atom. The zero-order chi connectivity index (χ0) is 15.5. The van der Waals surface area contributed by atoms with Crippen molar-refractivity contribution in [1.29, 1.82) is 0 Å². The predicted octanol–water partition coefficient (Wildman–Crippen LogP) is 2.71. The average molecular weight is 291 g/mol. The Morgan fingerprint density at radius 1 is 1.38 bits per heavy atom. The van der Waals surface area contributed by atoms with Crippen LogP contribution in [0.3, 0.4) is 0 Å². The van der Waals surface area contributed by atoms with Crippen LogP contribution in [-0.2, 0) is 16.7 Å². The van der Waals surface area contributed by atoms with Crippen LogP contribution in [0, 0.1) is 0 Å². The normalized spacial score (nSPS) is 19.9. The first-order chi connectivity index (χ1) is 9.90. The lowest BCUT2D eigenvalue weighted by Gasteiger charge is -2.33. The lowest BCUT2D eigenvalue weighted by molar-refractivity contribution is 0.0529. The Balaban J connectivity index is 2.30. The number of hydrogen-bond donors (Lipinski definition) is 1. The molecule has 1 saturated heterocycles. The Bertz CT molecular complexity index is 468. The Morgan fingerprint density at radius 3 is 2.76 bits per heavy atom. The van der Waals surface area contributed by atoms with Gasteiger partial charge in [-0.25, -0.2) is 4.98 Å². The fourth-order valence-electron chi connectivity index (χ4n) is 2.52. The molecule has 2 heterocycles. The summed E-state index contributed by atoms with van der Waals surface area (Å²) in [5.41, 5.74) is 2.53. The SMILES string of the molecule is CCNCc1cc(N2CCOC(C)C2)nc(C(C)(C)C)c1. The number of ether oxygens (including phenoxy) is 1. The molecule has 4 nitrogen and oxygen atoms in total. The van der Waals surface area contributed by atoms with Crippen molar-refractivity contribution in [2.45, 2.75) is 52.7 Å². The van der Waals surface area contributed by atoms with E-state index in [0.29, 0.717) is 0 Å². The molecule has 1 aromatic rings. The van der Waals surface area contributed by atoms with Crippen molar-refractivity contribution in [3.63, 3.8) is 0 Å². The molecule has 1 fully saturated rings. The summed E-state index contributed by atoms with van der Waals surface area (Å²) in [5, 5.41) is 3.41. The summed E-state index contributed by atoms with van der Waals surface area (Å²) in [6.07, 6.45) is 0.274. The Labute approximate surface area is 128 Å². The number of rotatable bonds is 4. The first-order valence-electron chi connectivity index (χ1n) is 7.99. The molecule has 0 aromatic carbocycles. The molecule has 1 aromatic heterocycles. The second-order valence-electron chi connectivity index (χ2n) is 6.88. The fourth-order valence-corrected chi connectivity index (χ4v) is 2.52. The number of aromatic nitrogens is 1. The van der Waals surface area contributed by atoms with Gasteiger partial charge in [-0.15, -0.1) is 0 Å². The maximum absolute atomic E-state index is 5.64. The molecule has 0 amide bonds. The molecule has 118 valence electrons. The minimum Gasteiger partial charge on any atom is -0.375 e. The van der Waals surface area contributed by atoms with Crippen molar-refractivity contribution < 1.29 is 4.74 Å². The first kappa shape index (κ1) is 16.2. The standard InChI is InChI=1S/C17H29N3O/c1-6-18-11-14-9-15(17(3,4)5)19-16(10-14)20-7-8-21-13(2)12-20/h9-10,13,18H,6-8,11-12H2,1-5H3. The monoisotopic (exact) mass is 291 g/mol. The molecule has 4 heteroatoms. The summed E-state index contributed by atoms with van der Waals surface area (Å²) < 4.78 is 5.64. The van der Waals surface area contributed by atoms with E-state index < -0.39 is 0 Å². The van der Waals surface area contributed by atoms with Gasteiger partial charge in [0.15, 0.2) is 0 Å². The summed E-state index contributed by atoms with van der Waals surface area (Å²) in [5.74, 6) is 1.09. The molecule has 21 heavy (non-hydrogen) atoms. The van der Waals surface area contributed by atoms with Gasteiger partial charge < -0.3 is 15.0 Å². The number of hydrogen-bond acceptors (Lipinski definition) is 4. The highest BCUT2D eigenvalue weighted by molar-refractivity contribution is 5.44. The Hall–Kier alpha value is -1.13. The molecule has 1 atom stereocenters. The van der Waals surface area contributed by atoms with Gasteiger partial charge >= 0.3 is 0 Å². The van der Waals surface area contributed by atoms with Crippen LogP contribution in [0.15, 0.2) is 12.1 Å². The summed E-state index contributed by atoms with van der Waals surface area (Å²) in [7, 11) is 0. The van der Waals surface area contributed by atoms with Crippen LogP contribution in [0.25, 0.3) is 0 Å². The molecule has 1 aliphatic rings. The third-order valence-corrected chi connectivity index (χ3v) is 3.78. The van der Waals surface area contributed by atoms with E-state index >= 15 is 0 Å². The number of pyridine rings is 1. The van der Waals surface area contributed by atoms with Gasteiger partial charge in [0, 0.05) is 30.7 Å². The minimum atomic E-state index is 0.0644. The highest BCUT2D eigenvalue weighted by atomic mass is 16.5. The van der Waals surface area contributed by atoms with Gasteiger partial charge in [-0.1, -0.05) is 27.7 Å². The van der Waals surface area contributed by atoms with Crippen LogP contribution in [-0.4, -0.2) is 37.3 Å². The van der Waals surface area contributed by atoms with Crippen LogP contribution < -0.4 is 10.2 Å². The lowest BCUT2D eigenvalue weighted by Crippen LogP contribution is -2.41. The van der Waals surface area contributed by atoms with Gasteiger partial charge in [0.05, 0.1) is 12.7 Å². The molecular formula is C17H29N3O. The average Bonchev–Trinajstić information content (AvgIpc) is 2.44. The minimum absolute atomic E-state index is 0.0644. The van der Waals surface area contributed by atoms with Crippen LogP contribution in [0.4, 0.5) is 5.82 Å². The van der Waals surface area contributed by atoms with E-state index in [0.717, 1.165) is 44.3 Å². The molecule has 1 unspecified atom stereocenters. The number of nitrogens with zero attached hydrogens (tertiary/aromatic N) is 2. The zero-order valence-electron chi connectivity index (χ0n) is 14.1. The third kappa shape index (κ3) is 4.42. The van der Waals surface area contributed by atoms with E-state index in [1.54, 1.807) is 0 Å². The van der Waals surface area contributed by atoms with Crippen LogP contribution in [0.1, 0.15) is 45.9 Å². The van der Waals surface area contributed by atoms with Gasteiger partial charge in [-0.3, -0.25) is 0 Å². The van der Waals surface area contributed by atoms with E-state index in [2.05, 4.69) is 57.0 Å². The summed E-state index contributed by atoms with van der Waals surface area (Å²) in [4.78, 5) is 7.26. The van der Waals surface area contributed by atoms with Crippen molar-refractivity contribution in [3.8, 4) is 0 Å². The molecule has 1 aliphatic heterocycles. The largest absolute Gasteiger partial charge is 0.375 e. The van der Waals surface area contributed by atoms with Gasteiger partial charge in [0.25, 0.3) is 0 Å². The van der Waals surface area contributed by atoms with Crippen molar-refractivity contribution in [1.82, 2.24) is 10.3 Å². The maximum atomic E-state index is 5.64. The van der Waals surface area contributed by atoms with E-state index in [1.807, 2.05) is 0 Å². The van der Waals surface area contributed by atoms with E-state index in [-0.39, 0.29) is 11.5 Å². The molecule has 0 saturated carbocycles. The third-order valence-electron chi connectivity index (χ3n) is 3.78. The van der Waals surface area contributed by atoms with Crippen LogP contribution in [0.2, 0.25) is 0 Å². The van der Waals surface area contributed by atoms with Gasteiger partial charge in [0.2, 0.25) is 0 Å².